The van der Waals surface area contributed by atoms with Crippen molar-refractivity contribution in [3.63, 3.8) is 0 Å². The van der Waals surface area contributed by atoms with Crippen LogP contribution in [0.3, 0.4) is 0 Å². The third-order valence-electron chi connectivity index (χ3n) is 6.48. The first-order valence-corrected chi connectivity index (χ1v) is 18.1. The lowest BCUT2D eigenvalue weighted by atomic mass is 10.1. The molecule has 0 saturated heterocycles. The Labute approximate surface area is 212 Å². The van der Waals surface area contributed by atoms with Crippen LogP contribution in [0.25, 0.3) is 0 Å². The van der Waals surface area contributed by atoms with E-state index in [1.54, 1.807) is 0 Å². The summed E-state index contributed by atoms with van der Waals surface area (Å²) in [5.74, 6) is 5.93. The summed E-state index contributed by atoms with van der Waals surface area (Å²) in [6.07, 6.45) is 16.1. The molecule has 0 aliphatic carbocycles. The minimum Gasteiger partial charge on any atom is -0.519 e. The smallest absolute Gasteiger partial charge is 0.292 e. The predicted molar refractivity (Wildman–Crippen MR) is 146 cm³/mol. The van der Waals surface area contributed by atoms with Crippen LogP contribution in [0.15, 0.2) is 0 Å². The zero-order chi connectivity index (χ0) is 26.1. The molecule has 1 atom stereocenters. The highest BCUT2D eigenvalue weighted by Crippen LogP contribution is 2.36. The second-order valence-electron chi connectivity index (χ2n) is 11.0. The molecule has 0 N–H and O–H groups in total. The summed E-state index contributed by atoms with van der Waals surface area (Å²) in [5, 5.41) is -0.0130. The monoisotopic (exact) mass is 516 g/mol. The Morgan fingerprint density at radius 2 is 1.41 bits per heavy atom. The van der Waals surface area contributed by atoms with Gasteiger partial charge in [0.1, 0.15) is 6.10 Å². The third kappa shape index (κ3) is 18.5. The molecule has 0 spiro atoms. The van der Waals surface area contributed by atoms with Crippen molar-refractivity contribution in [2.24, 2.45) is 0 Å². The largest absolute Gasteiger partial charge is 0.519 e. The van der Waals surface area contributed by atoms with Crippen molar-refractivity contribution in [3.05, 3.63) is 0 Å². The summed E-state index contributed by atoms with van der Waals surface area (Å²) in [7, 11) is -5.67. The highest BCUT2D eigenvalue weighted by Gasteiger charge is 2.40. The molecule has 1 unspecified atom stereocenters. The molecule has 0 radical (unpaired) electrons. The molecule has 0 amide bonds. The van der Waals surface area contributed by atoms with Crippen molar-refractivity contribution < 1.29 is 21.8 Å². The van der Waals surface area contributed by atoms with Crippen LogP contribution in [-0.4, -0.2) is 35.1 Å². The summed E-state index contributed by atoms with van der Waals surface area (Å²) < 4.78 is 34.1. The van der Waals surface area contributed by atoms with E-state index in [4.69, 9.17) is 8.61 Å². The molecule has 7 heteroatoms. The van der Waals surface area contributed by atoms with Crippen LogP contribution in [0.1, 0.15) is 124 Å². The number of hydrogen-bond acceptors (Lipinski definition) is 5. The molecule has 0 rings (SSSR count). The first-order chi connectivity index (χ1) is 15.8. The molecule has 0 aliphatic rings. The normalized spacial score (nSPS) is 13.3. The standard InChI is InChI=1S/C27H52O5SSi/c1-8-9-10-11-12-13-14-15-16-17-18-19-22-25(31-33(5,29)30)23-20-21-24-26(28)32-34(6,7)27(2,3)4/h25H,8-18,20-21,23-24H2,1-7H3. The van der Waals surface area contributed by atoms with E-state index in [-0.39, 0.29) is 11.0 Å². The Kier molecular flexibility index (Phi) is 17.1. The van der Waals surface area contributed by atoms with E-state index in [9.17, 15) is 13.2 Å². The van der Waals surface area contributed by atoms with Gasteiger partial charge in [0.2, 0.25) is 0 Å². The molecule has 0 aromatic rings. The lowest BCUT2D eigenvalue weighted by Gasteiger charge is -2.35. The molecule has 0 aromatic heterocycles. The van der Waals surface area contributed by atoms with Gasteiger partial charge >= 0.3 is 0 Å². The van der Waals surface area contributed by atoms with Gasteiger partial charge in [0.25, 0.3) is 24.4 Å². The van der Waals surface area contributed by atoms with Gasteiger partial charge in [0, 0.05) is 12.8 Å². The fourth-order valence-electron chi connectivity index (χ4n) is 3.33. The Bertz CT molecular complexity index is 714. The van der Waals surface area contributed by atoms with Crippen molar-refractivity contribution >= 4 is 24.4 Å². The zero-order valence-electron chi connectivity index (χ0n) is 23.1. The van der Waals surface area contributed by atoms with Crippen LogP contribution in [0, 0.1) is 11.8 Å². The molecule has 200 valence electrons. The summed E-state index contributed by atoms with van der Waals surface area (Å²) >= 11 is 0. The van der Waals surface area contributed by atoms with E-state index in [2.05, 4.69) is 52.6 Å². The Morgan fingerprint density at radius 1 is 0.882 bits per heavy atom. The first-order valence-electron chi connectivity index (χ1n) is 13.4. The molecule has 0 aromatic carbocycles. The van der Waals surface area contributed by atoms with Gasteiger partial charge in [-0.2, -0.15) is 8.42 Å². The van der Waals surface area contributed by atoms with Gasteiger partial charge < -0.3 is 4.43 Å². The summed E-state index contributed by atoms with van der Waals surface area (Å²) in [6, 6.07) is 0. The summed E-state index contributed by atoms with van der Waals surface area (Å²) in [5.41, 5.74) is 0. The Balaban J connectivity index is 4.23. The van der Waals surface area contributed by atoms with Gasteiger partial charge in [-0.25, -0.2) is 0 Å². The molecule has 0 bridgehead atoms. The number of rotatable bonds is 18. The van der Waals surface area contributed by atoms with Gasteiger partial charge in [-0.3, -0.25) is 8.98 Å². The predicted octanol–water partition coefficient (Wildman–Crippen LogP) is 7.75. The quantitative estimate of drug-likeness (QED) is 0.0806. The lowest BCUT2D eigenvalue weighted by molar-refractivity contribution is -0.135. The van der Waals surface area contributed by atoms with E-state index in [0.29, 0.717) is 25.7 Å². The molecule has 5 nitrogen and oxygen atoms in total. The number of unbranched alkanes of at least 4 members (excludes halogenated alkanes) is 11. The molecular weight excluding hydrogens is 464 g/mol. The minimum atomic E-state index is -3.57. The number of carbonyl (C=O) groups is 1. The Morgan fingerprint density at radius 3 is 1.91 bits per heavy atom. The Hall–Kier alpha value is -0.843. The van der Waals surface area contributed by atoms with Crippen molar-refractivity contribution in [2.45, 2.75) is 148 Å². The van der Waals surface area contributed by atoms with E-state index >= 15 is 0 Å². The minimum absolute atomic E-state index is 0.0130. The van der Waals surface area contributed by atoms with Crippen molar-refractivity contribution in [1.29, 1.82) is 0 Å². The van der Waals surface area contributed by atoms with E-state index < -0.39 is 24.5 Å². The zero-order valence-corrected chi connectivity index (χ0v) is 24.9. The fraction of sp³-hybridized carbons (Fsp3) is 0.889. The van der Waals surface area contributed by atoms with Crippen molar-refractivity contribution in [2.75, 3.05) is 6.26 Å². The average Bonchev–Trinajstić information content (AvgIpc) is 2.69. The van der Waals surface area contributed by atoms with E-state index in [0.717, 1.165) is 25.5 Å². The molecule has 0 fully saturated rings. The number of carbonyl (C=O) groups excluding carboxylic acids is 1. The van der Waals surface area contributed by atoms with Crippen molar-refractivity contribution in [1.82, 2.24) is 0 Å². The van der Waals surface area contributed by atoms with Gasteiger partial charge in [0.15, 0.2) is 0 Å². The van der Waals surface area contributed by atoms with Crippen LogP contribution in [0.5, 0.6) is 0 Å². The highest BCUT2D eigenvalue weighted by molar-refractivity contribution is 7.86. The first kappa shape index (κ1) is 33.2. The van der Waals surface area contributed by atoms with Crippen LogP contribution in [0.4, 0.5) is 0 Å². The second-order valence-corrected chi connectivity index (χ2v) is 17.3. The topological polar surface area (TPSA) is 69.7 Å². The summed E-state index contributed by atoms with van der Waals surface area (Å²) in [4.78, 5) is 12.2. The maximum atomic E-state index is 12.2. The van der Waals surface area contributed by atoms with Gasteiger partial charge in [-0.15, -0.1) is 5.92 Å². The van der Waals surface area contributed by atoms with Crippen LogP contribution in [0.2, 0.25) is 18.1 Å². The molecule has 34 heavy (non-hydrogen) atoms. The molecular formula is C27H52O5SSi. The summed E-state index contributed by atoms with van der Waals surface area (Å²) in [6.45, 7) is 12.7. The van der Waals surface area contributed by atoms with E-state index in [1.807, 2.05) is 0 Å². The maximum absolute atomic E-state index is 12.2. The molecule has 0 aliphatic heterocycles. The van der Waals surface area contributed by atoms with Crippen LogP contribution >= 0.6 is 0 Å². The fourth-order valence-corrected chi connectivity index (χ4v) is 4.87. The second kappa shape index (κ2) is 17.6. The number of hydrogen-bond donors (Lipinski definition) is 0. The van der Waals surface area contributed by atoms with Gasteiger partial charge in [-0.05, 0) is 43.8 Å². The van der Waals surface area contributed by atoms with E-state index in [1.165, 1.54) is 51.4 Å². The van der Waals surface area contributed by atoms with Crippen LogP contribution < -0.4 is 0 Å². The maximum Gasteiger partial charge on any atom is 0.292 e. The SMILES string of the molecule is CCCCCCCCCCCCC#CC(CCCCC(=O)O[Si](C)(C)C(C)(C)C)OS(C)(=O)=O. The molecule has 0 heterocycles. The van der Waals surface area contributed by atoms with Crippen molar-refractivity contribution in [3.8, 4) is 11.8 Å². The highest BCUT2D eigenvalue weighted by atomic mass is 32.2. The third-order valence-corrected chi connectivity index (χ3v) is 11.4. The molecule has 0 saturated carbocycles. The van der Waals surface area contributed by atoms with Gasteiger partial charge in [0.05, 0.1) is 6.26 Å². The average molecular weight is 517 g/mol. The van der Waals surface area contributed by atoms with Gasteiger partial charge in [-0.1, -0.05) is 91.4 Å². The van der Waals surface area contributed by atoms with Crippen LogP contribution in [-0.2, 0) is 23.5 Å². The lowest BCUT2D eigenvalue weighted by Crippen LogP contribution is -2.42.